The molecular formula is C22H35N5O2. The summed E-state index contributed by atoms with van der Waals surface area (Å²) in [6, 6.07) is 0.635. The number of imidazole rings is 1. The molecule has 2 aliphatic carbocycles. The molecule has 2 aliphatic rings. The summed E-state index contributed by atoms with van der Waals surface area (Å²) in [7, 11) is 0. The summed E-state index contributed by atoms with van der Waals surface area (Å²) in [6.45, 7) is 8.37. The van der Waals surface area contributed by atoms with Crippen LogP contribution in [0.2, 0.25) is 0 Å². The number of H-pyrrole nitrogens is 1. The second kappa shape index (κ2) is 8.46. The van der Waals surface area contributed by atoms with Gasteiger partial charge in [-0.1, -0.05) is 20.8 Å². The first-order chi connectivity index (χ1) is 14.1. The number of aromatic nitrogens is 4. The van der Waals surface area contributed by atoms with Crippen molar-refractivity contribution in [3.8, 4) is 0 Å². The molecule has 2 aromatic heterocycles. The van der Waals surface area contributed by atoms with Crippen molar-refractivity contribution in [1.29, 1.82) is 0 Å². The zero-order valence-electron chi connectivity index (χ0n) is 18.0. The van der Waals surface area contributed by atoms with Gasteiger partial charge in [-0.15, -0.1) is 0 Å². The van der Waals surface area contributed by atoms with Crippen LogP contribution in [0.15, 0.2) is 9.59 Å². The second-order valence-corrected chi connectivity index (χ2v) is 8.96. The molecule has 2 N–H and O–H groups in total. The molecule has 7 nitrogen and oxygen atoms in total. The van der Waals surface area contributed by atoms with E-state index in [9.17, 15) is 9.59 Å². The highest BCUT2D eigenvalue weighted by Crippen LogP contribution is 2.48. The predicted molar refractivity (Wildman–Crippen MR) is 115 cm³/mol. The van der Waals surface area contributed by atoms with Crippen molar-refractivity contribution < 1.29 is 0 Å². The molecule has 0 radical (unpaired) electrons. The molecule has 0 amide bonds. The molecule has 160 valence electrons. The third kappa shape index (κ3) is 3.58. The van der Waals surface area contributed by atoms with Gasteiger partial charge in [0.1, 0.15) is 11.3 Å². The second-order valence-electron chi connectivity index (χ2n) is 8.96. The van der Waals surface area contributed by atoms with Crippen LogP contribution >= 0.6 is 0 Å². The van der Waals surface area contributed by atoms with E-state index in [0.717, 1.165) is 38.1 Å². The summed E-state index contributed by atoms with van der Waals surface area (Å²) in [5.41, 5.74) is 0.596. The fraction of sp³-hybridized carbons (Fsp3) is 0.773. The Hall–Kier alpha value is -1.89. The number of fused-ring (bicyclic) bond motifs is 3. The average Bonchev–Trinajstić information content (AvgIpc) is 3.25. The van der Waals surface area contributed by atoms with E-state index in [4.69, 9.17) is 4.98 Å². The molecule has 2 unspecified atom stereocenters. The highest BCUT2D eigenvalue weighted by atomic mass is 16.2. The molecule has 2 atom stereocenters. The van der Waals surface area contributed by atoms with Crippen LogP contribution in [0.5, 0.6) is 0 Å². The minimum atomic E-state index is -0.225. The number of rotatable bonds is 8. The van der Waals surface area contributed by atoms with Gasteiger partial charge in [0, 0.05) is 25.0 Å². The zero-order valence-corrected chi connectivity index (χ0v) is 18.0. The number of hydrogen-bond acceptors (Lipinski definition) is 4. The number of aryl methyl sites for hydroxylation is 1. The van der Waals surface area contributed by atoms with Gasteiger partial charge in [-0.3, -0.25) is 13.9 Å². The van der Waals surface area contributed by atoms with Crippen LogP contribution in [-0.4, -0.2) is 31.7 Å². The summed E-state index contributed by atoms with van der Waals surface area (Å²) in [4.78, 5) is 34.1. The van der Waals surface area contributed by atoms with Crippen LogP contribution in [0.1, 0.15) is 77.5 Å². The first kappa shape index (κ1) is 20.4. The molecule has 0 saturated heterocycles. The number of aromatic amines is 1. The Morgan fingerprint density at radius 1 is 1.00 bits per heavy atom. The Morgan fingerprint density at radius 2 is 1.66 bits per heavy atom. The third-order valence-corrected chi connectivity index (χ3v) is 6.89. The lowest BCUT2D eigenvalue weighted by Crippen LogP contribution is -2.42. The van der Waals surface area contributed by atoms with E-state index >= 15 is 0 Å². The van der Waals surface area contributed by atoms with E-state index in [-0.39, 0.29) is 11.2 Å². The maximum Gasteiger partial charge on any atom is 0.332 e. The van der Waals surface area contributed by atoms with E-state index in [2.05, 4.69) is 17.2 Å². The van der Waals surface area contributed by atoms with Gasteiger partial charge in [-0.25, -0.2) is 9.78 Å². The molecule has 29 heavy (non-hydrogen) atoms. The highest BCUT2D eigenvalue weighted by molar-refractivity contribution is 5.70. The van der Waals surface area contributed by atoms with Crippen molar-refractivity contribution in [3.63, 3.8) is 0 Å². The van der Waals surface area contributed by atoms with Crippen LogP contribution in [-0.2, 0) is 13.1 Å². The first-order valence-electron chi connectivity index (χ1n) is 11.6. The van der Waals surface area contributed by atoms with E-state index in [1.165, 1.54) is 23.8 Å². The molecule has 0 spiro atoms. The van der Waals surface area contributed by atoms with Crippen LogP contribution in [0.3, 0.4) is 0 Å². The van der Waals surface area contributed by atoms with Crippen LogP contribution in [0, 0.1) is 11.8 Å². The number of hydrogen-bond donors (Lipinski definition) is 2. The van der Waals surface area contributed by atoms with Crippen LogP contribution < -0.4 is 16.6 Å². The Balaban J connectivity index is 1.70. The molecule has 0 aliphatic heterocycles. The van der Waals surface area contributed by atoms with Crippen LogP contribution in [0.25, 0.3) is 11.2 Å². The Kier molecular flexibility index (Phi) is 5.95. The summed E-state index contributed by atoms with van der Waals surface area (Å²) in [6.07, 6.45) is 7.55. The van der Waals surface area contributed by atoms with E-state index in [0.29, 0.717) is 48.0 Å². The first-order valence-corrected chi connectivity index (χ1v) is 11.6. The quantitative estimate of drug-likeness (QED) is 0.712. The van der Waals surface area contributed by atoms with E-state index in [1.54, 1.807) is 4.57 Å². The fourth-order valence-corrected chi connectivity index (χ4v) is 5.62. The largest absolute Gasteiger partial charge is 0.336 e. The van der Waals surface area contributed by atoms with Gasteiger partial charge in [-0.2, -0.15) is 0 Å². The molecule has 7 heteroatoms. The Morgan fingerprint density at radius 3 is 2.28 bits per heavy atom. The molecule has 0 aromatic carbocycles. The van der Waals surface area contributed by atoms with Gasteiger partial charge >= 0.3 is 5.69 Å². The number of nitrogens with one attached hydrogen (secondary N) is 2. The average molecular weight is 402 g/mol. The van der Waals surface area contributed by atoms with Gasteiger partial charge < -0.3 is 10.3 Å². The van der Waals surface area contributed by atoms with E-state index in [1.807, 2.05) is 13.8 Å². The van der Waals surface area contributed by atoms with E-state index < -0.39 is 0 Å². The van der Waals surface area contributed by atoms with Gasteiger partial charge in [0.25, 0.3) is 5.56 Å². The number of nitrogens with zero attached hydrogens (tertiary/aromatic N) is 3. The summed E-state index contributed by atoms with van der Waals surface area (Å²) < 4.78 is 3.06. The smallest absolute Gasteiger partial charge is 0.332 e. The third-order valence-electron chi connectivity index (χ3n) is 6.89. The highest BCUT2D eigenvalue weighted by Gasteiger charge is 2.43. The normalized spacial score (nSPS) is 26.4. The molecule has 4 rings (SSSR count). The lowest BCUT2D eigenvalue weighted by molar-refractivity contribution is 0.228. The Bertz CT molecular complexity index is 958. The fourth-order valence-electron chi connectivity index (χ4n) is 5.62. The minimum Gasteiger partial charge on any atom is -0.336 e. The monoisotopic (exact) mass is 401 g/mol. The van der Waals surface area contributed by atoms with Crippen molar-refractivity contribution >= 4 is 11.2 Å². The van der Waals surface area contributed by atoms with Gasteiger partial charge in [-0.05, 0) is 63.3 Å². The maximum atomic E-state index is 13.0. The molecular weight excluding hydrogens is 366 g/mol. The van der Waals surface area contributed by atoms with Gasteiger partial charge in [0.2, 0.25) is 0 Å². The molecule has 2 fully saturated rings. The molecule has 2 bridgehead atoms. The molecule has 2 saturated carbocycles. The summed E-state index contributed by atoms with van der Waals surface area (Å²) in [5.74, 6) is 2.63. The SMILES string of the molecule is CCCNC1C2CCC1CC(c1nc3c([nH]1)c(=O)n(CCC)c(=O)n3CCC)C2. The van der Waals surface area contributed by atoms with Crippen LogP contribution in [0.4, 0.5) is 0 Å². The van der Waals surface area contributed by atoms with Crippen molar-refractivity contribution in [2.75, 3.05) is 6.54 Å². The lowest BCUT2D eigenvalue weighted by atomic mass is 9.77. The Labute approximate surface area is 171 Å². The van der Waals surface area contributed by atoms with Crippen molar-refractivity contribution in [2.45, 2.75) is 90.8 Å². The van der Waals surface area contributed by atoms with Gasteiger partial charge in [0.15, 0.2) is 5.65 Å². The summed E-state index contributed by atoms with van der Waals surface area (Å²) in [5, 5.41) is 3.77. The van der Waals surface area contributed by atoms with Crippen molar-refractivity contribution in [2.24, 2.45) is 11.8 Å². The topological polar surface area (TPSA) is 84.7 Å². The zero-order chi connectivity index (χ0) is 20.5. The predicted octanol–water partition coefficient (Wildman–Crippen LogP) is 2.98. The van der Waals surface area contributed by atoms with Crippen molar-refractivity contribution in [3.05, 3.63) is 26.7 Å². The minimum absolute atomic E-state index is 0.223. The van der Waals surface area contributed by atoms with Crippen molar-refractivity contribution in [1.82, 2.24) is 24.4 Å². The summed E-state index contributed by atoms with van der Waals surface area (Å²) >= 11 is 0. The molecule has 2 heterocycles. The molecule has 2 aromatic rings. The lowest BCUT2D eigenvalue weighted by Gasteiger charge is -2.35. The van der Waals surface area contributed by atoms with Gasteiger partial charge in [0.05, 0.1) is 0 Å². The maximum absolute atomic E-state index is 13.0. The standard InChI is InChI=1S/C22H35N5O2/c1-4-9-23-17-14-7-8-15(17)13-16(12-14)19-24-18-20(25-19)26(10-5-2)22(29)27(11-6-3)21(18)28/h14-17,23H,4-13H2,1-3H3,(H,24,25).